The van der Waals surface area contributed by atoms with Gasteiger partial charge >= 0.3 is 0 Å². The lowest BCUT2D eigenvalue weighted by molar-refractivity contribution is -0.400. The minimum atomic E-state index is -2.51. The Balaban J connectivity index is 1.00. The number of carbonyl (C=O) groups is 3. The molecule has 0 aromatic heterocycles. The van der Waals surface area contributed by atoms with Gasteiger partial charge < -0.3 is 219 Å². The highest BCUT2D eigenvalue weighted by atomic mass is 16.8. The fraction of sp³-hybridized carbons (Fsp3) is 0.950. The summed E-state index contributed by atoms with van der Waals surface area (Å²) in [7, 11) is 0. The number of rotatable bonds is 26. The predicted molar refractivity (Wildman–Crippen MR) is 329 cm³/mol. The van der Waals surface area contributed by atoms with Crippen molar-refractivity contribution in [2.24, 2.45) is 0 Å². The van der Waals surface area contributed by atoms with Crippen LogP contribution in [-0.4, -0.2) is 463 Å². The molecule has 3 amide bonds. The third kappa shape index (κ3) is 19.3. The molecule has 0 saturated carbocycles. The van der Waals surface area contributed by atoms with Gasteiger partial charge in [-0.2, -0.15) is 0 Å². The number of hydrogen-bond donors (Lipinski definition) is 27. The number of aliphatic hydroxyl groups excluding tert-OH is 24. The van der Waals surface area contributed by atoms with Crippen LogP contribution in [0.3, 0.4) is 0 Å². The highest BCUT2D eigenvalue weighted by Gasteiger charge is 2.61. The van der Waals surface area contributed by atoms with Crippen molar-refractivity contribution in [3.05, 3.63) is 0 Å². The SMILES string of the molecule is CC(=O)N[C@H]1[C@H](O[C@H]2[C@H](O)[C@@H](NC(C)=O)C(O)O[C@@H]2CO[C@@H]2O[C@@H](C)[C@@H](O)[C@@H](O)[C@@H]2O)O[C@H](CO)[C@@H](O[C@@H]2O[C@H](CO[C@H]3O[C@H](CO)[C@@H](O)[C@H](O)[C@@H]3O)[C@@H](O)[C@H](O[C@H]3O[C@H](CO)[C@@H](O)[C@H](O)[C@@H]3O[C@@H]3O[C@H](CO)[C@@H](O[C@@H]4O[C@H](CO)[C@H](O)[C@H](O)[C@H]4O[C@@H]4O[C@@H](C)[C@@H](O)[C@@H](O)[C@@H]4O)[C@H](O)[C@H]3NC(C)=O)[C@@H]2O)[C@@H]1O. The average molecular weight is 1570 g/mol. The standard InChI is InChI=1S/C60H101N3O44/c1-13-28(72)37(81)42(86)55(93-13)92-12-24-48(34(78)25(52(90)95-24)61-15(3)69)102-53-26(62-16(4)70)35(79)46(21(9-67)99-53)103-58-45(89)49(33(77)23(101-58)11-91-56-43(87)39(83)30(74)18(6-64)96-56)105-60-50(40(84)31(75)20(8-66)98-60)106-54-27(63-17(5)71)36(80)47(22(10-68)100-54)104-59-51(41(85)32(76)19(7-65)97-59)107-57-44(88)38(82)29(73)14(2)94-57/h13-14,18-60,64-68,72-90H,6-12H2,1-5H3,(H,61,69)(H,62,70)(H,63,71)/t13-,14-,18+,19+,20+,21+,22+,23+,24+,25+,26+,27+,28+,29+,30+,31+,32-,33+,34+,35+,36+,37+,38+,39-,40-,41-,42-,43-,44-,45-,46+,47+,48+,49-,50-,51+,52?,53-,54-,55+,56-,57-,58-,59-,60+/m0/s1. The van der Waals surface area contributed by atoms with Crippen molar-refractivity contribution < 1.29 is 217 Å². The molecule has 9 fully saturated rings. The zero-order valence-electron chi connectivity index (χ0n) is 57.8. The third-order valence-corrected chi connectivity index (χ3v) is 19.9. The molecule has 107 heavy (non-hydrogen) atoms. The Morgan fingerprint density at radius 3 is 1.01 bits per heavy atom. The van der Waals surface area contributed by atoms with Gasteiger partial charge in [-0.3, -0.25) is 14.4 Å². The third-order valence-electron chi connectivity index (χ3n) is 19.9. The van der Waals surface area contributed by atoms with E-state index in [2.05, 4.69) is 16.0 Å². The van der Waals surface area contributed by atoms with E-state index in [1.54, 1.807) is 0 Å². The van der Waals surface area contributed by atoms with E-state index < -0.39 is 340 Å². The quantitative estimate of drug-likeness (QED) is 0.0382. The van der Waals surface area contributed by atoms with Crippen LogP contribution in [0.2, 0.25) is 0 Å². The fourth-order valence-electron chi connectivity index (χ4n) is 13.8. The second-order valence-electron chi connectivity index (χ2n) is 27.4. The Kier molecular flexibility index (Phi) is 31.0. The van der Waals surface area contributed by atoms with Crippen molar-refractivity contribution in [1.82, 2.24) is 16.0 Å². The van der Waals surface area contributed by atoms with E-state index >= 15 is 0 Å². The molecule has 0 aliphatic carbocycles. The van der Waals surface area contributed by atoms with Crippen LogP contribution in [0.5, 0.6) is 0 Å². The van der Waals surface area contributed by atoms with Gasteiger partial charge in [-0.15, -0.1) is 0 Å². The van der Waals surface area contributed by atoms with Crippen LogP contribution >= 0.6 is 0 Å². The van der Waals surface area contributed by atoms with Crippen LogP contribution in [0, 0.1) is 0 Å². The normalized spacial score (nSPS) is 50.7. The summed E-state index contributed by atoms with van der Waals surface area (Å²) in [6.07, 6.45) is -83.5. The Morgan fingerprint density at radius 1 is 0.262 bits per heavy atom. The van der Waals surface area contributed by atoms with Gasteiger partial charge in [-0.05, 0) is 13.8 Å². The highest BCUT2D eigenvalue weighted by molar-refractivity contribution is 5.74. The highest BCUT2D eigenvalue weighted by Crippen LogP contribution is 2.40. The molecule has 45 atom stereocenters. The molecule has 1 unspecified atom stereocenters. The molecule has 9 rings (SSSR count). The van der Waals surface area contributed by atoms with E-state index in [0.29, 0.717) is 0 Å². The molecule has 0 radical (unpaired) electrons. The lowest BCUT2D eigenvalue weighted by Crippen LogP contribution is -2.71. The van der Waals surface area contributed by atoms with Crippen LogP contribution < -0.4 is 16.0 Å². The summed E-state index contributed by atoms with van der Waals surface area (Å²) in [6, 6.07) is -5.63. The fourth-order valence-corrected chi connectivity index (χ4v) is 13.8. The minimum absolute atomic E-state index is 0.810. The van der Waals surface area contributed by atoms with Gasteiger partial charge in [0.1, 0.15) is 207 Å². The van der Waals surface area contributed by atoms with Gasteiger partial charge in [0.25, 0.3) is 0 Å². The lowest BCUT2D eigenvalue weighted by Gasteiger charge is -2.51. The Labute approximate surface area is 606 Å². The molecule has 47 heteroatoms. The summed E-state index contributed by atoms with van der Waals surface area (Å²) in [5.74, 6) is -2.72. The molecule has 27 N–H and O–H groups in total. The second-order valence-corrected chi connectivity index (χ2v) is 27.4. The van der Waals surface area contributed by atoms with E-state index in [4.69, 9.17) is 80.5 Å². The zero-order chi connectivity index (χ0) is 78.8. The van der Waals surface area contributed by atoms with Gasteiger partial charge in [0.05, 0.1) is 58.5 Å². The largest absolute Gasteiger partial charge is 0.394 e. The number of carbonyl (C=O) groups excluding carboxylic acids is 3. The van der Waals surface area contributed by atoms with Gasteiger partial charge in [0, 0.05) is 20.8 Å². The second kappa shape index (κ2) is 37.8. The van der Waals surface area contributed by atoms with E-state index in [9.17, 15) is 137 Å². The number of ether oxygens (including phenoxy) is 17. The number of amides is 3. The first-order valence-electron chi connectivity index (χ1n) is 34.3. The molecule has 9 saturated heterocycles. The average Bonchev–Trinajstić information content (AvgIpc) is 0.765. The molecule has 0 bridgehead atoms. The Hall–Kier alpha value is -3.23. The van der Waals surface area contributed by atoms with Crippen molar-refractivity contribution >= 4 is 17.7 Å². The van der Waals surface area contributed by atoms with Crippen molar-refractivity contribution in [2.45, 2.75) is 311 Å². The van der Waals surface area contributed by atoms with E-state index in [1.807, 2.05) is 0 Å². The van der Waals surface area contributed by atoms with E-state index in [0.717, 1.165) is 20.8 Å². The maximum Gasteiger partial charge on any atom is 0.217 e. The van der Waals surface area contributed by atoms with Crippen molar-refractivity contribution in [1.29, 1.82) is 0 Å². The van der Waals surface area contributed by atoms with E-state index in [-0.39, 0.29) is 0 Å². The Bertz CT molecular complexity index is 2810. The number of hydrogen-bond acceptors (Lipinski definition) is 44. The first kappa shape index (κ1) is 87.7. The van der Waals surface area contributed by atoms with Gasteiger partial charge in [-0.1, -0.05) is 0 Å². The van der Waals surface area contributed by atoms with Crippen molar-refractivity contribution in [3.63, 3.8) is 0 Å². The van der Waals surface area contributed by atoms with Gasteiger partial charge in [0.2, 0.25) is 17.7 Å². The van der Waals surface area contributed by atoms with Crippen LogP contribution in [0.4, 0.5) is 0 Å². The summed E-state index contributed by atoms with van der Waals surface area (Å²) in [6.45, 7) is -1.84. The monoisotopic (exact) mass is 1570 g/mol. The Morgan fingerprint density at radius 2 is 0.561 bits per heavy atom. The molecular formula is C60H101N3O44. The molecule has 0 aromatic carbocycles. The number of aliphatic hydroxyl groups is 24. The summed E-state index contributed by atoms with van der Waals surface area (Å²) in [4.78, 5) is 38.5. The van der Waals surface area contributed by atoms with Crippen LogP contribution in [-0.2, 0) is 94.9 Å². The number of nitrogens with one attached hydrogen (secondary N) is 3. The molecular weight excluding hydrogens is 1470 g/mol. The van der Waals surface area contributed by atoms with Crippen LogP contribution in [0.1, 0.15) is 34.6 Å². The van der Waals surface area contributed by atoms with E-state index in [1.165, 1.54) is 13.8 Å². The lowest BCUT2D eigenvalue weighted by atomic mass is 9.93. The topological polar surface area (TPSA) is 730 Å². The first-order chi connectivity index (χ1) is 50.5. The first-order valence-corrected chi connectivity index (χ1v) is 34.3. The molecule has 9 aliphatic rings. The maximum absolute atomic E-state index is 13.1. The summed E-state index contributed by atoms with van der Waals surface area (Å²) in [5, 5.41) is 273. The van der Waals surface area contributed by atoms with Crippen molar-refractivity contribution in [2.75, 3.05) is 46.2 Å². The predicted octanol–water partition coefficient (Wildman–Crippen LogP) is -18.1. The maximum atomic E-state index is 13.1. The molecule has 0 aromatic rings. The minimum Gasteiger partial charge on any atom is -0.394 e. The smallest absolute Gasteiger partial charge is 0.217 e. The molecule has 0 spiro atoms. The van der Waals surface area contributed by atoms with Gasteiger partial charge in [0.15, 0.2) is 56.6 Å². The van der Waals surface area contributed by atoms with Crippen molar-refractivity contribution in [3.8, 4) is 0 Å². The summed E-state index contributed by atoms with van der Waals surface area (Å²) < 4.78 is 100. The molecule has 620 valence electrons. The zero-order valence-corrected chi connectivity index (χ0v) is 57.8. The van der Waals surface area contributed by atoms with Crippen LogP contribution in [0.25, 0.3) is 0 Å². The molecule has 47 nitrogen and oxygen atoms in total. The molecule has 9 aliphatic heterocycles. The molecule has 9 heterocycles. The summed E-state index contributed by atoms with van der Waals surface area (Å²) in [5.41, 5.74) is 0. The van der Waals surface area contributed by atoms with Crippen LogP contribution in [0.15, 0.2) is 0 Å². The van der Waals surface area contributed by atoms with Gasteiger partial charge in [-0.25, -0.2) is 0 Å². The summed E-state index contributed by atoms with van der Waals surface area (Å²) >= 11 is 0.